The maximum Gasteiger partial charge on any atom is 0.487 e. The molecule has 0 unspecified atom stereocenters. The second-order valence-corrected chi connectivity index (χ2v) is 8.68. The van der Waals surface area contributed by atoms with Gasteiger partial charge in [0.2, 0.25) is 0 Å². The Hall–Kier alpha value is -1.34. The molecule has 0 aromatic heterocycles. The number of hydrogen-bond donors (Lipinski definition) is 1. The lowest BCUT2D eigenvalue weighted by Gasteiger charge is -2.32. The molecule has 0 amide bonds. The third-order valence-electron chi connectivity index (χ3n) is 6.01. The molecule has 0 spiro atoms. The van der Waals surface area contributed by atoms with Crippen LogP contribution in [0.5, 0.6) is 5.75 Å². The van der Waals surface area contributed by atoms with E-state index >= 15 is 0 Å². The van der Waals surface area contributed by atoms with Gasteiger partial charge < -0.3 is 19.2 Å². The summed E-state index contributed by atoms with van der Waals surface area (Å²) in [6.45, 7) is 12.8. The van der Waals surface area contributed by atoms with Crippen molar-refractivity contribution in [3.63, 3.8) is 0 Å². The molecule has 0 aliphatic carbocycles. The van der Waals surface area contributed by atoms with Crippen molar-refractivity contribution in [2.75, 3.05) is 20.2 Å². The third-order valence-corrected chi connectivity index (χ3v) is 6.01. The van der Waals surface area contributed by atoms with Gasteiger partial charge in [0.25, 0.3) is 0 Å². The van der Waals surface area contributed by atoms with Crippen molar-refractivity contribution in [2.45, 2.75) is 64.9 Å². The van der Waals surface area contributed by atoms with Gasteiger partial charge in [-0.1, -0.05) is 18.1 Å². The molecule has 2 aliphatic rings. The van der Waals surface area contributed by atoms with Crippen LogP contribution in [0.4, 0.5) is 0 Å². The van der Waals surface area contributed by atoms with Crippen LogP contribution in [-0.2, 0) is 15.9 Å². The number of β-amino-alcohol motifs (C(OH)–C–C–N with tert-alkyl or cyclic N) is 1. The summed E-state index contributed by atoms with van der Waals surface area (Å²) in [6, 6.07) is 4.24. The number of rotatable bonds is 5. The molecule has 2 heterocycles. The fraction of sp³-hybridized carbons (Fsp3) is 0.619. The van der Waals surface area contributed by atoms with Crippen molar-refractivity contribution in [3.05, 3.63) is 34.8 Å². The van der Waals surface area contributed by atoms with E-state index < -0.39 is 0 Å². The van der Waals surface area contributed by atoms with Crippen LogP contribution in [0.2, 0.25) is 0 Å². The molecule has 27 heavy (non-hydrogen) atoms. The molecule has 0 bridgehead atoms. The molecule has 3 rings (SSSR count). The first kappa shape index (κ1) is 20.4. The Morgan fingerprint density at radius 2 is 1.93 bits per heavy atom. The standard InChI is InChI=1S/C21H32BNO4/c1-15-11-17(13-23-10-8-18(24)14-23)19(25-6)12-16(15)7-9-22-26-20(2,3)21(4,5)27-22/h7,9,11-12,18,24H,8,10,13-14H2,1-6H3/b9-7+/t18-/m1/s1. The van der Waals surface area contributed by atoms with E-state index in [2.05, 4.69) is 51.7 Å². The number of likely N-dealkylation sites (tertiary alicyclic amines) is 1. The molecule has 2 saturated heterocycles. The second-order valence-electron chi connectivity index (χ2n) is 8.68. The number of hydrogen-bond acceptors (Lipinski definition) is 5. The first-order chi connectivity index (χ1) is 12.6. The zero-order chi connectivity index (χ0) is 19.8. The molecule has 5 nitrogen and oxygen atoms in total. The minimum atomic E-state index is -0.355. The predicted octanol–water partition coefficient (Wildman–Crippen LogP) is 3.21. The highest BCUT2D eigenvalue weighted by molar-refractivity contribution is 6.52. The maximum absolute atomic E-state index is 9.74. The van der Waals surface area contributed by atoms with E-state index in [1.54, 1.807) is 7.11 Å². The summed E-state index contributed by atoms with van der Waals surface area (Å²) in [5, 5.41) is 9.74. The van der Waals surface area contributed by atoms with Gasteiger partial charge in [-0.05, 0) is 58.2 Å². The van der Waals surface area contributed by atoms with Gasteiger partial charge >= 0.3 is 7.12 Å². The molecule has 1 atom stereocenters. The Balaban J connectivity index is 1.75. The highest BCUT2D eigenvalue weighted by atomic mass is 16.7. The van der Waals surface area contributed by atoms with Crippen LogP contribution in [0, 0.1) is 6.92 Å². The molecule has 1 N–H and O–H groups in total. The second kappa shape index (κ2) is 7.59. The van der Waals surface area contributed by atoms with Crippen molar-refractivity contribution >= 4 is 13.2 Å². The number of aliphatic hydroxyl groups excluding tert-OH is 1. The van der Waals surface area contributed by atoms with E-state index in [-0.39, 0.29) is 24.4 Å². The normalized spacial score (nSPS) is 24.9. The van der Waals surface area contributed by atoms with E-state index in [0.717, 1.165) is 42.9 Å². The maximum atomic E-state index is 9.74. The van der Waals surface area contributed by atoms with Gasteiger partial charge in [-0.3, -0.25) is 4.90 Å². The highest BCUT2D eigenvalue weighted by Crippen LogP contribution is 2.37. The summed E-state index contributed by atoms with van der Waals surface area (Å²) in [7, 11) is 1.35. The van der Waals surface area contributed by atoms with Crippen molar-refractivity contribution in [1.82, 2.24) is 4.90 Å². The fourth-order valence-electron chi connectivity index (χ4n) is 3.60. The predicted molar refractivity (Wildman–Crippen MR) is 109 cm³/mol. The molecular weight excluding hydrogens is 341 g/mol. The van der Waals surface area contributed by atoms with Crippen LogP contribution >= 0.6 is 0 Å². The van der Waals surface area contributed by atoms with Gasteiger partial charge in [-0.15, -0.1) is 0 Å². The smallest absolute Gasteiger partial charge is 0.487 e. The Morgan fingerprint density at radius 3 is 2.48 bits per heavy atom. The van der Waals surface area contributed by atoms with Crippen LogP contribution in [0.25, 0.3) is 6.08 Å². The van der Waals surface area contributed by atoms with Crippen LogP contribution in [-0.4, -0.2) is 54.6 Å². The lowest BCUT2D eigenvalue weighted by Crippen LogP contribution is -2.41. The van der Waals surface area contributed by atoms with E-state index in [4.69, 9.17) is 14.0 Å². The Bertz CT molecular complexity index is 700. The van der Waals surface area contributed by atoms with E-state index in [9.17, 15) is 5.11 Å². The van der Waals surface area contributed by atoms with E-state index in [1.807, 2.05) is 12.1 Å². The van der Waals surface area contributed by atoms with Crippen LogP contribution in [0.3, 0.4) is 0 Å². The van der Waals surface area contributed by atoms with E-state index in [1.165, 1.54) is 5.56 Å². The Kier molecular flexibility index (Phi) is 5.73. The highest BCUT2D eigenvalue weighted by Gasteiger charge is 2.50. The first-order valence-corrected chi connectivity index (χ1v) is 9.73. The SMILES string of the molecule is COc1cc(/C=C/B2OC(C)(C)C(C)(C)O2)c(C)cc1CN1CC[C@@H](O)C1. The molecule has 148 valence electrons. The van der Waals surface area contributed by atoms with Gasteiger partial charge in [0.1, 0.15) is 5.75 Å². The van der Waals surface area contributed by atoms with Gasteiger partial charge in [0, 0.05) is 25.2 Å². The van der Waals surface area contributed by atoms with Crippen molar-refractivity contribution < 1.29 is 19.2 Å². The summed E-state index contributed by atoms with van der Waals surface area (Å²) >= 11 is 0. The Labute approximate surface area is 163 Å². The molecule has 1 aromatic carbocycles. The minimum Gasteiger partial charge on any atom is -0.496 e. The van der Waals surface area contributed by atoms with Gasteiger partial charge in [-0.2, -0.15) is 0 Å². The van der Waals surface area contributed by atoms with Crippen molar-refractivity contribution in [1.29, 1.82) is 0 Å². The number of methoxy groups -OCH3 is 1. The first-order valence-electron chi connectivity index (χ1n) is 9.73. The molecule has 0 saturated carbocycles. The largest absolute Gasteiger partial charge is 0.496 e. The third kappa shape index (κ3) is 4.40. The summed E-state index contributed by atoms with van der Waals surface area (Å²) in [6.07, 6.45) is 2.68. The molecule has 2 fully saturated rings. The van der Waals surface area contributed by atoms with Crippen molar-refractivity contribution in [3.8, 4) is 5.75 Å². The monoisotopic (exact) mass is 373 g/mol. The molecule has 1 aromatic rings. The lowest BCUT2D eigenvalue weighted by molar-refractivity contribution is 0.00578. The number of aryl methyl sites for hydroxylation is 1. The van der Waals surface area contributed by atoms with Crippen LogP contribution in [0.1, 0.15) is 50.8 Å². The lowest BCUT2D eigenvalue weighted by atomic mass is 9.88. The van der Waals surface area contributed by atoms with Gasteiger partial charge in [-0.25, -0.2) is 0 Å². The van der Waals surface area contributed by atoms with Gasteiger partial charge in [0.15, 0.2) is 0 Å². The summed E-state index contributed by atoms with van der Waals surface area (Å²) in [4.78, 5) is 2.27. The van der Waals surface area contributed by atoms with Crippen molar-refractivity contribution in [2.24, 2.45) is 0 Å². The molecular formula is C21H32BNO4. The average Bonchev–Trinajstić information content (AvgIpc) is 3.06. The fourth-order valence-corrected chi connectivity index (χ4v) is 3.60. The number of nitrogens with zero attached hydrogens (tertiary/aromatic N) is 1. The number of aliphatic hydroxyl groups is 1. The number of benzene rings is 1. The van der Waals surface area contributed by atoms with Crippen LogP contribution < -0.4 is 4.74 Å². The zero-order valence-electron chi connectivity index (χ0n) is 17.4. The average molecular weight is 373 g/mol. The molecule has 0 radical (unpaired) electrons. The minimum absolute atomic E-state index is 0.209. The number of ether oxygens (including phenoxy) is 1. The quantitative estimate of drug-likeness (QED) is 0.804. The van der Waals surface area contributed by atoms with Crippen LogP contribution in [0.15, 0.2) is 18.1 Å². The summed E-state index contributed by atoms with van der Waals surface area (Å²) in [5.74, 6) is 2.84. The topological polar surface area (TPSA) is 51.2 Å². The van der Waals surface area contributed by atoms with E-state index in [0.29, 0.717) is 0 Å². The summed E-state index contributed by atoms with van der Waals surface area (Å²) < 4.78 is 17.7. The van der Waals surface area contributed by atoms with Gasteiger partial charge in [0.05, 0.1) is 24.4 Å². The molecule has 6 heteroatoms. The zero-order valence-corrected chi connectivity index (χ0v) is 17.4. The Morgan fingerprint density at radius 1 is 1.26 bits per heavy atom. The summed E-state index contributed by atoms with van der Waals surface area (Å²) in [5.41, 5.74) is 2.75. The molecule has 2 aliphatic heterocycles.